The monoisotopic (exact) mass is 461 g/mol. The molecule has 1 amide bonds. The summed E-state index contributed by atoms with van der Waals surface area (Å²) in [7, 11) is 1.39. The first kappa shape index (κ1) is 21.1. The minimum Gasteiger partial charge on any atom is -0.487 e. The van der Waals surface area contributed by atoms with Crippen molar-refractivity contribution in [1.29, 1.82) is 0 Å². The summed E-state index contributed by atoms with van der Waals surface area (Å²) in [5.41, 5.74) is 1.83. The van der Waals surface area contributed by atoms with Crippen LogP contribution in [0.5, 0.6) is 5.75 Å². The molecule has 0 saturated carbocycles. The van der Waals surface area contributed by atoms with Gasteiger partial charge in [0.05, 0.1) is 25.9 Å². The van der Waals surface area contributed by atoms with Gasteiger partial charge in [0, 0.05) is 31.6 Å². The van der Waals surface area contributed by atoms with Crippen molar-refractivity contribution in [3.63, 3.8) is 0 Å². The van der Waals surface area contributed by atoms with Gasteiger partial charge in [-0.3, -0.25) is 0 Å². The van der Waals surface area contributed by atoms with Crippen LogP contribution in [0, 0.1) is 5.82 Å². The van der Waals surface area contributed by atoms with Crippen molar-refractivity contribution in [2.75, 3.05) is 49.3 Å². The molecule has 3 aliphatic heterocycles. The van der Waals surface area contributed by atoms with Crippen molar-refractivity contribution in [3.05, 3.63) is 41.8 Å². The Morgan fingerprint density at radius 2 is 2.06 bits per heavy atom. The second kappa shape index (κ2) is 8.67. The fourth-order valence-corrected chi connectivity index (χ4v) is 5.75. The second-order valence-electron chi connectivity index (χ2n) is 8.27. The van der Waals surface area contributed by atoms with Crippen molar-refractivity contribution >= 4 is 28.8 Å². The van der Waals surface area contributed by atoms with E-state index in [0.29, 0.717) is 37.7 Å². The summed E-state index contributed by atoms with van der Waals surface area (Å²) in [4.78, 5) is 21.3. The number of likely N-dealkylation sites (tertiary alicyclic amines) is 1. The van der Waals surface area contributed by atoms with Crippen molar-refractivity contribution in [2.45, 2.75) is 29.9 Å². The summed E-state index contributed by atoms with van der Waals surface area (Å²) in [6, 6.07) is 8.14. The predicted molar refractivity (Wildman–Crippen MR) is 120 cm³/mol. The van der Waals surface area contributed by atoms with Gasteiger partial charge in [-0.1, -0.05) is 0 Å². The molecule has 2 fully saturated rings. The number of carbonyl (C=O) groups excluding carboxylic acids is 1. The number of pyridine rings is 1. The highest BCUT2D eigenvalue weighted by molar-refractivity contribution is 7.92. The van der Waals surface area contributed by atoms with Gasteiger partial charge < -0.3 is 24.6 Å². The van der Waals surface area contributed by atoms with Crippen LogP contribution < -0.4 is 15.0 Å². The third-order valence-corrected chi connectivity index (χ3v) is 7.58. The molecule has 1 aromatic carbocycles. The molecule has 8 nitrogen and oxygen atoms in total. The molecule has 0 aliphatic carbocycles. The number of aromatic nitrogens is 1. The van der Waals surface area contributed by atoms with Crippen LogP contribution in [0.2, 0.25) is 0 Å². The number of ether oxygens (including phenoxy) is 2. The van der Waals surface area contributed by atoms with Crippen LogP contribution in [-0.2, 0) is 22.3 Å². The van der Waals surface area contributed by atoms with E-state index in [1.807, 2.05) is 6.07 Å². The van der Waals surface area contributed by atoms with E-state index in [-0.39, 0.29) is 24.1 Å². The summed E-state index contributed by atoms with van der Waals surface area (Å²) >= 11 is -0.823. The molecule has 5 rings (SSSR count). The Morgan fingerprint density at radius 1 is 1.28 bits per heavy atom. The zero-order chi connectivity index (χ0) is 22.2. The van der Waals surface area contributed by atoms with Gasteiger partial charge in [-0.25, -0.2) is 14.2 Å². The number of hydrogen-bond acceptors (Lipinski definition) is 7. The van der Waals surface area contributed by atoms with Gasteiger partial charge in [0.2, 0.25) is 4.90 Å². The first-order chi connectivity index (χ1) is 15.5. The van der Waals surface area contributed by atoms with Gasteiger partial charge in [0.1, 0.15) is 29.2 Å². The number of carbonyl (C=O) groups is 1. The number of aryl methyl sites for hydroxylation is 1. The summed E-state index contributed by atoms with van der Waals surface area (Å²) in [6.07, 6.45) is 1.27. The predicted octanol–water partition coefficient (Wildman–Crippen LogP) is 2.75. The Kier molecular flexibility index (Phi) is 5.73. The molecule has 2 saturated heterocycles. The third-order valence-electron chi connectivity index (χ3n) is 6.07. The van der Waals surface area contributed by atoms with E-state index >= 15 is 0 Å². The van der Waals surface area contributed by atoms with E-state index < -0.39 is 11.2 Å². The van der Waals surface area contributed by atoms with Crippen LogP contribution in [-0.4, -0.2) is 71.7 Å². The number of fused-ring (bicyclic) bond motifs is 1. The lowest BCUT2D eigenvalue weighted by molar-refractivity contribution is 0.132. The van der Waals surface area contributed by atoms with E-state index in [2.05, 4.69) is 10.2 Å². The number of nitrogens with zero attached hydrogens (tertiary/aromatic N) is 3. The normalized spacial score (nSPS) is 22.5. The van der Waals surface area contributed by atoms with Gasteiger partial charge in [-0.15, -0.1) is 0 Å². The minimum atomic E-state index is -0.823. The maximum absolute atomic E-state index is 13.1. The number of halogens is 1. The second-order valence-corrected chi connectivity index (χ2v) is 9.81. The van der Waals surface area contributed by atoms with Crippen molar-refractivity contribution in [3.8, 4) is 5.75 Å². The third kappa shape index (κ3) is 4.16. The molecule has 1 unspecified atom stereocenters. The smallest absolute Gasteiger partial charge is 0.409 e. The van der Waals surface area contributed by atoms with Crippen LogP contribution in [0.3, 0.4) is 0 Å². The standard InChI is InChI=1S/C22H26FN4O4S/c1-30-22(28)26-8-6-15(11-26)24-19-10-20(25-18-7-9-32(29)21(18)19)27-12-17(13-27)31-16-4-2-14(23)3-5-16/h2-5,10,15,17,29H,6-9,11-13H2,1H3,(H,24,25)/q+1/t15-,32?/m0/s1. The van der Waals surface area contributed by atoms with Crippen LogP contribution in [0.25, 0.3) is 0 Å². The highest BCUT2D eigenvalue weighted by Crippen LogP contribution is 2.37. The van der Waals surface area contributed by atoms with Crippen LogP contribution in [0.15, 0.2) is 35.2 Å². The van der Waals surface area contributed by atoms with Gasteiger partial charge in [-0.05, 0) is 30.7 Å². The summed E-state index contributed by atoms with van der Waals surface area (Å²) < 4.78 is 34.4. The van der Waals surface area contributed by atoms with Crippen LogP contribution >= 0.6 is 0 Å². The number of rotatable bonds is 5. The maximum atomic E-state index is 13.1. The molecule has 2 aromatic rings. The van der Waals surface area contributed by atoms with Gasteiger partial charge >= 0.3 is 6.09 Å². The van der Waals surface area contributed by atoms with E-state index in [4.69, 9.17) is 14.5 Å². The van der Waals surface area contributed by atoms with Gasteiger partial charge in [0.25, 0.3) is 0 Å². The van der Waals surface area contributed by atoms with Crippen LogP contribution in [0.4, 0.5) is 20.7 Å². The number of benzene rings is 1. The summed E-state index contributed by atoms with van der Waals surface area (Å²) in [5, 5.41) is 3.54. The van der Waals surface area contributed by atoms with Crippen molar-refractivity contribution in [1.82, 2.24) is 9.88 Å². The summed E-state index contributed by atoms with van der Waals surface area (Å²) in [5.74, 6) is 1.92. The largest absolute Gasteiger partial charge is 0.487 e. The van der Waals surface area contributed by atoms with Gasteiger partial charge in [-0.2, -0.15) is 4.55 Å². The molecule has 170 valence electrons. The molecule has 0 radical (unpaired) electrons. The Balaban J connectivity index is 1.28. The fourth-order valence-electron chi connectivity index (χ4n) is 4.37. The lowest BCUT2D eigenvalue weighted by Gasteiger charge is -2.40. The Labute approximate surface area is 188 Å². The maximum Gasteiger partial charge on any atom is 0.409 e. The molecule has 32 heavy (non-hydrogen) atoms. The highest BCUT2D eigenvalue weighted by Gasteiger charge is 2.40. The number of hydrogen-bond donors (Lipinski definition) is 2. The molecule has 0 bridgehead atoms. The quantitative estimate of drug-likeness (QED) is 0.662. The molecular weight excluding hydrogens is 435 g/mol. The highest BCUT2D eigenvalue weighted by atomic mass is 32.2. The molecule has 1 aromatic heterocycles. The number of methoxy groups -OCH3 is 1. The molecule has 10 heteroatoms. The average molecular weight is 462 g/mol. The van der Waals surface area contributed by atoms with Crippen LogP contribution in [0.1, 0.15) is 12.1 Å². The zero-order valence-electron chi connectivity index (χ0n) is 17.8. The molecule has 0 spiro atoms. The topological polar surface area (TPSA) is 87.2 Å². The Morgan fingerprint density at radius 3 is 2.81 bits per heavy atom. The van der Waals surface area contributed by atoms with E-state index in [1.54, 1.807) is 17.0 Å². The SMILES string of the molecule is COC(=O)N1CC[C@H](Nc2cc(N3CC(Oc4ccc(F)cc4)C3)nc3c2[S+](O)CC3)C1. The number of nitrogens with one attached hydrogen (secondary N) is 1. The Hall–Kier alpha value is -2.72. The molecule has 2 atom stereocenters. The Bertz CT molecular complexity index is 1000. The molecule has 2 N–H and O–H groups in total. The molecule has 3 aliphatic rings. The molecular formula is C22H26FN4O4S+. The van der Waals surface area contributed by atoms with Gasteiger partial charge in [0.15, 0.2) is 16.9 Å². The van der Waals surface area contributed by atoms with Crippen molar-refractivity contribution < 1.29 is 23.2 Å². The summed E-state index contributed by atoms with van der Waals surface area (Å²) in [6.45, 7) is 2.58. The fraction of sp³-hybridized carbons (Fsp3) is 0.455. The lowest BCUT2D eigenvalue weighted by Crippen LogP contribution is -2.54. The zero-order valence-corrected chi connectivity index (χ0v) is 18.6. The average Bonchev–Trinajstić information content (AvgIpc) is 3.38. The lowest BCUT2D eigenvalue weighted by atomic mass is 10.1. The van der Waals surface area contributed by atoms with E-state index in [0.717, 1.165) is 34.9 Å². The number of amides is 1. The van der Waals surface area contributed by atoms with E-state index in [1.165, 1.54) is 19.2 Å². The first-order valence-electron chi connectivity index (χ1n) is 10.7. The number of anilines is 2. The minimum absolute atomic E-state index is 0.0165. The molecule has 4 heterocycles. The van der Waals surface area contributed by atoms with Crippen molar-refractivity contribution in [2.24, 2.45) is 0 Å². The van der Waals surface area contributed by atoms with E-state index in [9.17, 15) is 13.7 Å². The first-order valence-corrected chi connectivity index (χ1v) is 12.1.